The van der Waals surface area contributed by atoms with Gasteiger partial charge < -0.3 is 15.2 Å². The van der Waals surface area contributed by atoms with Gasteiger partial charge in [0.25, 0.3) is 0 Å². The van der Waals surface area contributed by atoms with Gasteiger partial charge in [-0.2, -0.15) is 0 Å². The molecule has 4 nitrogen and oxygen atoms in total. The van der Waals surface area contributed by atoms with E-state index in [1.54, 1.807) is 6.07 Å². The zero-order chi connectivity index (χ0) is 15.7. The molecule has 0 amide bonds. The van der Waals surface area contributed by atoms with Crippen LogP contribution in [0.5, 0.6) is 0 Å². The lowest BCUT2D eigenvalue weighted by molar-refractivity contribution is -0.109. The molecule has 2 atom stereocenters. The smallest absolute Gasteiger partial charge is 0.185 e. The molecule has 2 aromatic carbocycles. The van der Waals surface area contributed by atoms with Crippen molar-refractivity contribution in [3.63, 3.8) is 0 Å². The molecule has 3 aromatic rings. The molecule has 0 saturated heterocycles. The van der Waals surface area contributed by atoms with Crippen molar-refractivity contribution in [3.05, 3.63) is 48.0 Å². The summed E-state index contributed by atoms with van der Waals surface area (Å²) in [6, 6.07) is 13.5. The molecule has 3 N–H and O–H groups in total. The van der Waals surface area contributed by atoms with Crippen LogP contribution in [0.4, 0.5) is 0 Å². The monoisotopic (exact) mass is 315 g/mol. The number of aromatic nitrogens is 1. The summed E-state index contributed by atoms with van der Waals surface area (Å²) in [5.74, 6) is 0.183. The van der Waals surface area contributed by atoms with E-state index in [1.165, 1.54) is 6.92 Å². The molecule has 0 bridgehead atoms. The van der Waals surface area contributed by atoms with E-state index in [1.807, 2.05) is 36.4 Å². The predicted octanol–water partition coefficient (Wildman–Crippen LogP) is 3.00. The topological polar surface area (TPSA) is 73.3 Å². The third kappa shape index (κ3) is 2.88. The first-order chi connectivity index (χ1) is 10.6. The second-order valence-corrected chi connectivity index (χ2v) is 6.49. The highest BCUT2D eigenvalue weighted by atomic mass is 32.2. The molecule has 0 aliphatic heterocycles. The molecule has 114 valence electrons. The summed E-state index contributed by atoms with van der Waals surface area (Å²) in [5, 5.41) is 22.3. The highest BCUT2D eigenvalue weighted by molar-refractivity contribution is 8.13. The zero-order valence-corrected chi connectivity index (χ0v) is 12.9. The Hall–Kier alpha value is -1.82. The van der Waals surface area contributed by atoms with Crippen molar-refractivity contribution in [1.82, 2.24) is 4.98 Å². The third-order valence-corrected chi connectivity index (χ3v) is 4.61. The normalized spacial score (nSPS) is 14.3. The average Bonchev–Trinajstić information content (AvgIpc) is 2.89. The van der Waals surface area contributed by atoms with Crippen molar-refractivity contribution in [2.45, 2.75) is 19.1 Å². The van der Waals surface area contributed by atoms with Gasteiger partial charge >= 0.3 is 0 Å². The first-order valence-corrected chi connectivity index (χ1v) is 8.04. The maximum Gasteiger partial charge on any atom is 0.185 e. The van der Waals surface area contributed by atoms with E-state index >= 15 is 0 Å². The Morgan fingerprint density at radius 2 is 1.86 bits per heavy atom. The Bertz CT molecular complexity index is 827. The standard InChI is InChI=1S/C17H17NO3S/c1-10(19)22-9-16(20)17(21)11-6-7-15-13(8-11)12-4-2-3-5-14(12)18-15/h2-8,16-18,20-21H,9H2,1H3. The van der Waals surface area contributed by atoms with Crippen molar-refractivity contribution in [1.29, 1.82) is 0 Å². The fourth-order valence-electron chi connectivity index (χ4n) is 2.57. The number of hydrogen-bond acceptors (Lipinski definition) is 4. The molecule has 2 unspecified atom stereocenters. The highest BCUT2D eigenvalue weighted by Gasteiger charge is 2.20. The molecular formula is C17H17NO3S. The van der Waals surface area contributed by atoms with Crippen LogP contribution >= 0.6 is 11.8 Å². The first-order valence-electron chi connectivity index (χ1n) is 7.06. The van der Waals surface area contributed by atoms with Crippen LogP contribution in [0.15, 0.2) is 42.5 Å². The summed E-state index contributed by atoms with van der Waals surface area (Å²) < 4.78 is 0. The molecule has 1 heterocycles. The van der Waals surface area contributed by atoms with E-state index < -0.39 is 12.2 Å². The Kier molecular flexibility index (Phi) is 4.20. The fourth-order valence-corrected chi connectivity index (χ4v) is 3.15. The number of aliphatic hydroxyl groups excluding tert-OH is 2. The van der Waals surface area contributed by atoms with Gasteiger partial charge in [-0.25, -0.2) is 0 Å². The second kappa shape index (κ2) is 6.12. The van der Waals surface area contributed by atoms with Gasteiger partial charge in [0.05, 0.1) is 6.10 Å². The second-order valence-electron chi connectivity index (χ2n) is 5.29. The summed E-state index contributed by atoms with van der Waals surface area (Å²) in [7, 11) is 0. The SMILES string of the molecule is CC(=O)SCC(O)C(O)c1ccc2[nH]c3ccccc3c2c1. The molecule has 22 heavy (non-hydrogen) atoms. The van der Waals surface area contributed by atoms with Crippen LogP contribution in [-0.2, 0) is 4.79 Å². The summed E-state index contributed by atoms with van der Waals surface area (Å²) in [6.07, 6.45) is -1.98. The molecule has 1 aromatic heterocycles. The molecule has 0 aliphatic carbocycles. The summed E-state index contributed by atoms with van der Waals surface area (Å²) in [5.41, 5.74) is 2.68. The van der Waals surface area contributed by atoms with Crippen molar-refractivity contribution in [2.24, 2.45) is 0 Å². The lowest BCUT2D eigenvalue weighted by Crippen LogP contribution is -2.21. The number of aromatic amines is 1. The summed E-state index contributed by atoms with van der Waals surface area (Å²) in [6.45, 7) is 1.45. The van der Waals surface area contributed by atoms with Crippen LogP contribution in [0.2, 0.25) is 0 Å². The van der Waals surface area contributed by atoms with Gasteiger partial charge in [-0.15, -0.1) is 0 Å². The van der Waals surface area contributed by atoms with Crippen LogP contribution in [0.3, 0.4) is 0 Å². The number of aliphatic hydroxyl groups is 2. The maximum absolute atomic E-state index is 11.0. The van der Waals surface area contributed by atoms with E-state index in [0.717, 1.165) is 33.6 Å². The summed E-state index contributed by atoms with van der Waals surface area (Å²) >= 11 is 1.02. The number of carbonyl (C=O) groups is 1. The Morgan fingerprint density at radius 3 is 2.64 bits per heavy atom. The predicted molar refractivity (Wildman–Crippen MR) is 89.9 cm³/mol. The number of nitrogens with one attached hydrogen (secondary N) is 1. The molecule has 0 radical (unpaired) electrons. The van der Waals surface area contributed by atoms with Crippen LogP contribution in [0.1, 0.15) is 18.6 Å². The number of benzene rings is 2. The molecule has 5 heteroatoms. The minimum atomic E-state index is -1.01. The number of para-hydroxylation sites is 1. The van der Waals surface area contributed by atoms with Crippen molar-refractivity contribution >= 4 is 38.7 Å². The highest BCUT2D eigenvalue weighted by Crippen LogP contribution is 2.29. The fraction of sp³-hybridized carbons (Fsp3) is 0.235. The van der Waals surface area contributed by atoms with Gasteiger partial charge in [-0.1, -0.05) is 36.0 Å². The third-order valence-electron chi connectivity index (χ3n) is 3.69. The van der Waals surface area contributed by atoms with E-state index in [2.05, 4.69) is 4.98 Å². The number of carbonyl (C=O) groups excluding carboxylic acids is 1. The van der Waals surface area contributed by atoms with Crippen LogP contribution < -0.4 is 0 Å². The molecule has 0 aliphatic rings. The summed E-state index contributed by atoms with van der Waals surface area (Å²) in [4.78, 5) is 14.3. The van der Waals surface area contributed by atoms with E-state index in [-0.39, 0.29) is 10.9 Å². The van der Waals surface area contributed by atoms with Crippen molar-refractivity contribution in [2.75, 3.05) is 5.75 Å². The first kappa shape index (κ1) is 15.1. The van der Waals surface area contributed by atoms with E-state index in [0.29, 0.717) is 5.56 Å². The number of fused-ring (bicyclic) bond motifs is 3. The van der Waals surface area contributed by atoms with E-state index in [4.69, 9.17) is 0 Å². The van der Waals surface area contributed by atoms with Gasteiger partial charge in [-0.05, 0) is 23.8 Å². The average molecular weight is 315 g/mol. The molecule has 0 spiro atoms. The largest absolute Gasteiger partial charge is 0.389 e. The Balaban J connectivity index is 1.93. The Labute approximate surface area is 132 Å². The van der Waals surface area contributed by atoms with Crippen molar-refractivity contribution in [3.8, 4) is 0 Å². The molecular weight excluding hydrogens is 298 g/mol. The van der Waals surface area contributed by atoms with Crippen LogP contribution in [0.25, 0.3) is 21.8 Å². The minimum absolute atomic E-state index is 0.0710. The Morgan fingerprint density at radius 1 is 1.14 bits per heavy atom. The molecule has 3 rings (SSSR count). The number of hydrogen-bond donors (Lipinski definition) is 3. The lowest BCUT2D eigenvalue weighted by atomic mass is 10.0. The number of rotatable bonds is 4. The quantitative estimate of drug-likeness (QED) is 0.692. The number of thioether (sulfide) groups is 1. The van der Waals surface area contributed by atoms with Gasteiger partial charge in [0.2, 0.25) is 0 Å². The molecule has 0 saturated carbocycles. The van der Waals surface area contributed by atoms with Gasteiger partial charge in [-0.3, -0.25) is 4.79 Å². The van der Waals surface area contributed by atoms with Gasteiger partial charge in [0, 0.05) is 34.5 Å². The lowest BCUT2D eigenvalue weighted by Gasteiger charge is -2.17. The van der Waals surface area contributed by atoms with Crippen LogP contribution in [0, 0.1) is 0 Å². The molecule has 0 fully saturated rings. The number of H-pyrrole nitrogens is 1. The van der Waals surface area contributed by atoms with Crippen molar-refractivity contribution < 1.29 is 15.0 Å². The maximum atomic E-state index is 11.0. The van der Waals surface area contributed by atoms with E-state index in [9.17, 15) is 15.0 Å². The van der Waals surface area contributed by atoms with Gasteiger partial charge in [0.1, 0.15) is 6.10 Å². The minimum Gasteiger partial charge on any atom is -0.389 e. The van der Waals surface area contributed by atoms with Gasteiger partial charge in [0.15, 0.2) is 5.12 Å². The van der Waals surface area contributed by atoms with Crippen LogP contribution in [-0.4, -0.2) is 32.2 Å². The zero-order valence-electron chi connectivity index (χ0n) is 12.1.